The van der Waals surface area contributed by atoms with Crippen molar-refractivity contribution in [3.8, 4) is 5.75 Å². The number of aliphatic hydroxyl groups is 1. The van der Waals surface area contributed by atoms with E-state index in [0.717, 1.165) is 25.8 Å². The van der Waals surface area contributed by atoms with E-state index in [-0.39, 0.29) is 30.6 Å². The zero-order valence-corrected chi connectivity index (χ0v) is 26.9. The van der Waals surface area contributed by atoms with Crippen molar-refractivity contribution >= 4 is 23.3 Å². The Morgan fingerprint density at radius 1 is 1.00 bits per heavy atom. The summed E-state index contributed by atoms with van der Waals surface area (Å²) in [6.07, 6.45) is 2.39. The normalized spacial score (nSPS) is 20.4. The minimum Gasteiger partial charge on any atom is -0.490 e. The number of carbonyl (C=O) groups excluding carboxylic acids is 2. The van der Waals surface area contributed by atoms with E-state index in [1.807, 2.05) is 50.2 Å². The van der Waals surface area contributed by atoms with E-state index in [2.05, 4.69) is 41.6 Å². The number of amides is 3. The molecule has 0 fully saturated rings. The smallest absolute Gasteiger partial charge is 0.323 e. The molecule has 0 radical (unpaired) electrons. The van der Waals surface area contributed by atoms with Crippen LogP contribution in [0.15, 0.2) is 78.9 Å². The van der Waals surface area contributed by atoms with E-state index in [1.165, 1.54) is 5.56 Å². The number of urea groups is 1. The zero-order valence-electron chi connectivity index (χ0n) is 26.9. The van der Waals surface area contributed by atoms with Crippen LogP contribution in [-0.2, 0) is 11.3 Å². The standard InChI is InChI=1S/C36H48N4O5/c1-26-22-40(27(2)25-41)35(42)32-21-31(38-36(43)37-30-16-9-6-10-17-30)18-19-33(32)45-28(3)13-11-12-20-44-34(26)24-39(4)23-29-14-7-5-8-15-29/h5-10,14-19,21,26-28,34,41H,11-13,20,22-25H2,1-4H3,(H2,37,38,43)/t26-,27+,28-,34-/m0/s1. The molecule has 3 aromatic rings. The van der Waals surface area contributed by atoms with Crippen molar-refractivity contribution in [1.82, 2.24) is 9.80 Å². The molecule has 1 aliphatic heterocycles. The lowest BCUT2D eigenvalue weighted by molar-refractivity contribution is -0.0177. The van der Waals surface area contributed by atoms with Crippen LogP contribution in [-0.4, -0.2) is 78.4 Å². The highest BCUT2D eigenvalue weighted by atomic mass is 16.5. The van der Waals surface area contributed by atoms with Crippen LogP contribution >= 0.6 is 0 Å². The summed E-state index contributed by atoms with van der Waals surface area (Å²) >= 11 is 0. The lowest BCUT2D eigenvalue weighted by Gasteiger charge is -2.36. The number of hydrogen-bond acceptors (Lipinski definition) is 6. The molecule has 1 aliphatic rings. The molecule has 45 heavy (non-hydrogen) atoms. The van der Waals surface area contributed by atoms with E-state index < -0.39 is 12.1 Å². The predicted octanol–water partition coefficient (Wildman–Crippen LogP) is 6.26. The fourth-order valence-corrected chi connectivity index (χ4v) is 5.54. The van der Waals surface area contributed by atoms with Crippen LogP contribution < -0.4 is 15.4 Å². The predicted molar refractivity (Wildman–Crippen MR) is 179 cm³/mol. The van der Waals surface area contributed by atoms with Gasteiger partial charge < -0.3 is 30.1 Å². The summed E-state index contributed by atoms with van der Waals surface area (Å²) in [6.45, 7) is 8.24. The van der Waals surface area contributed by atoms with Gasteiger partial charge in [-0.2, -0.15) is 0 Å². The number of rotatable bonds is 8. The lowest BCUT2D eigenvalue weighted by atomic mass is 10.0. The third-order valence-corrected chi connectivity index (χ3v) is 8.13. The molecule has 0 aromatic heterocycles. The summed E-state index contributed by atoms with van der Waals surface area (Å²) in [4.78, 5) is 31.0. The second kappa shape index (κ2) is 17.0. The molecule has 3 amide bonds. The third kappa shape index (κ3) is 10.3. The molecule has 0 unspecified atom stereocenters. The van der Waals surface area contributed by atoms with Gasteiger partial charge in [0.15, 0.2) is 0 Å². The maximum Gasteiger partial charge on any atom is 0.323 e. The van der Waals surface area contributed by atoms with E-state index in [9.17, 15) is 14.7 Å². The highest BCUT2D eigenvalue weighted by Gasteiger charge is 2.30. The summed E-state index contributed by atoms with van der Waals surface area (Å²) in [5.74, 6) is 0.160. The largest absolute Gasteiger partial charge is 0.490 e. The number of aliphatic hydroxyl groups excluding tert-OH is 1. The monoisotopic (exact) mass is 616 g/mol. The number of anilines is 2. The average molecular weight is 617 g/mol. The Kier molecular flexibility index (Phi) is 12.8. The first-order valence-corrected chi connectivity index (χ1v) is 15.9. The zero-order chi connectivity index (χ0) is 32.2. The average Bonchev–Trinajstić information content (AvgIpc) is 3.03. The number of para-hydroxylation sites is 1. The Morgan fingerprint density at radius 2 is 1.69 bits per heavy atom. The van der Waals surface area contributed by atoms with Gasteiger partial charge in [-0.3, -0.25) is 9.69 Å². The molecule has 0 aliphatic carbocycles. The number of nitrogens with zero attached hydrogens (tertiary/aromatic N) is 2. The molecule has 3 N–H and O–H groups in total. The Hall–Kier alpha value is -3.92. The van der Waals surface area contributed by atoms with E-state index in [0.29, 0.717) is 42.4 Å². The molecular weight excluding hydrogens is 568 g/mol. The van der Waals surface area contributed by atoms with Crippen molar-refractivity contribution in [3.63, 3.8) is 0 Å². The molecule has 0 saturated carbocycles. The molecular formula is C36H48N4O5. The van der Waals surface area contributed by atoms with Gasteiger partial charge in [-0.25, -0.2) is 4.79 Å². The van der Waals surface area contributed by atoms with E-state index in [1.54, 1.807) is 35.2 Å². The Balaban J connectivity index is 1.59. The van der Waals surface area contributed by atoms with Gasteiger partial charge in [0, 0.05) is 43.5 Å². The van der Waals surface area contributed by atoms with Gasteiger partial charge in [0.1, 0.15) is 5.75 Å². The number of likely N-dealkylation sites (N-methyl/N-ethyl adjacent to an activating group) is 1. The van der Waals surface area contributed by atoms with Crippen molar-refractivity contribution in [2.75, 3.05) is 44.0 Å². The maximum absolute atomic E-state index is 14.3. The highest BCUT2D eigenvalue weighted by Crippen LogP contribution is 2.29. The molecule has 4 rings (SSSR count). The molecule has 4 atom stereocenters. The first-order valence-electron chi connectivity index (χ1n) is 15.9. The number of carbonyl (C=O) groups is 2. The Morgan fingerprint density at radius 3 is 2.40 bits per heavy atom. The van der Waals surface area contributed by atoms with Gasteiger partial charge in [0.2, 0.25) is 0 Å². The van der Waals surface area contributed by atoms with Gasteiger partial charge in [0.05, 0.1) is 30.4 Å². The minimum atomic E-state index is -0.446. The van der Waals surface area contributed by atoms with Crippen molar-refractivity contribution < 1.29 is 24.2 Å². The molecule has 1 heterocycles. The molecule has 9 nitrogen and oxygen atoms in total. The molecule has 242 valence electrons. The van der Waals surface area contributed by atoms with Crippen molar-refractivity contribution in [2.45, 2.75) is 64.8 Å². The summed E-state index contributed by atoms with van der Waals surface area (Å²) in [7, 11) is 2.09. The third-order valence-electron chi connectivity index (χ3n) is 8.13. The van der Waals surface area contributed by atoms with Gasteiger partial charge >= 0.3 is 6.03 Å². The van der Waals surface area contributed by atoms with Crippen molar-refractivity contribution in [2.24, 2.45) is 5.92 Å². The summed E-state index contributed by atoms with van der Waals surface area (Å²) in [5, 5.41) is 15.9. The first-order chi connectivity index (χ1) is 21.7. The Bertz CT molecular complexity index is 1360. The molecule has 0 saturated heterocycles. The summed E-state index contributed by atoms with van der Waals surface area (Å²) < 4.78 is 12.8. The van der Waals surface area contributed by atoms with Crippen molar-refractivity contribution in [1.29, 1.82) is 0 Å². The fraction of sp³-hybridized carbons (Fsp3) is 0.444. The van der Waals surface area contributed by atoms with Crippen LogP contribution in [0.3, 0.4) is 0 Å². The molecule has 3 aromatic carbocycles. The van der Waals surface area contributed by atoms with E-state index in [4.69, 9.17) is 9.47 Å². The lowest BCUT2D eigenvalue weighted by Crippen LogP contribution is -2.47. The molecule has 0 spiro atoms. The van der Waals surface area contributed by atoms with Crippen LogP contribution in [0.1, 0.15) is 56.0 Å². The molecule has 9 heteroatoms. The number of hydrogen-bond donors (Lipinski definition) is 3. The topological polar surface area (TPSA) is 103 Å². The number of ether oxygens (including phenoxy) is 2. The minimum absolute atomic E-state index is 0.0228. The molecule has 0 bridgehead atoms. The van der Waals surface area contributed by atoms with Crippen LogP contribution in [0, 0.1) is 5.92 Å². The van der Waals surface area contributed by atoms with Gasteiger partial charge in [-0.05, 0) is 76.1 Å². The number of nitrogens with one attached hydrogen (secondary N) is 2. The second-order valence-electron chi connectivity index (χ2n) is 12.1. The van der Waals surface area contributed by atoms with Crippen LogP contribution in [0.25, 0.3) is 0 Å². The van der Waals surface area contributed by atoms with E-state index >= 15 is 0 Å². The Labute approximate surface area is 267 Å². The highest BCUT2D eigenvalue weighted by molar-refractivity contribution is 6.02. The van der Waals surface area contributed by atoms with Crippen LogP contribution in [0.4, 0.5) is 16.2 Å². The summed E-state index contributed by atoms with van der Waals surface area (Å²) in [5.41, 5.74) is 2.68. The summed E-state index contributed by atoms with van der Waals surface area (Å²) in [6, 6.07) is 23.8. The number of fused-ring (bicyclic) bond motifs is 1. The number of benzene rings is 3. The first kappa shape index (κ1) is 34.0. The van der Waals surface area contributed by atoms with Gasteiger partial charge in [-0.15, -0.1) is 0 Å². The maximum atomic E-state index is 14.3. The quantitative estimate of drug-likeness (QED) is 0.276. The van der Waals surface area contributed by atoms with Crippen molar-refractivity contribution in [3.05, 3.63) is 90.0 Å². The van der Waals surface area contributed by atoms with Gasteiger partial charge in [0.25, 0.3) is 5.91 Å². The van der Waals surface area contributed by atoms with Crippen LogP contribution in [0.2, 0.25) is 0 Å². The second-order valence-corrected chi connectivity index (χ2v) is 12.1. The van der Waals surface area contributed by atoms with Crippen LogP contribution in [0.5, 0.6) is 5.75 Å². The SMILES string of the molecule is C[C@H](CO)N1C[C@H](C)[C@H](CN(C)Cc2ccccc2)OCCCC[C@H](C)Oc2ccc(NC(=O)Nc3ccccc3)cc2C1=O. The van der Waals surface area contributed by atoms with Gasteiger partial charge in [-0.1, -0.05) is 55.5 Å². The fourth-order valence-electron chi connectivity index (χ4n) is 5.54.